The molecule has 0 aliphatic heterocycles. The second-order valence-electron chi connectivity index (χ2n) is 5.61. The number of benzene rings is 1. The molecule has 3 N–H and O–H groups in total. The summed E-state index contributed by atoms with van der Waals surface area (Å²) in [5.41, 5.74) is 1.90. The van der Waals surface area contributed by atoms with Crippen LogP contribution in [0, 0.1) is 5.92 Å². The zero-order valence-corrected chi connectivity index (χ0v) is 13.0. The first-order chi connectivity index (χ1) is 10.7. The summed E-state index contributed by atoms with van der Waals surface area (Å²) < 4.78 is 4.35. The molecule has 0 bridgehead atoms. The number of anilines is 1. The number of amides is 2. The van der Waals surface area contributed by atoms with Crippen molar-refractivity contribution < 1.29 is 9.90 Å². The Kier molecular flexibility index (Phi) is 4.70. The van der Waals surface area contributed by atoms with Crippen LogP contribution in [0.5, 0.6) is 0 Å². The van der Waals surface area contributed by atoms with E-state index in [1.165, 1.54) is 11.5 Å². The smallest absolute Gasteiger partial charge is 0.319 e. The Labute approximate surface area is 133 Å². The highest BCUT2D eigenvalue weighted by Gasteiger charge is 2.22. The standard InChI is InChI=1S/C16H19N3O2S/c20-13-7-6-11(8-13)10-17-16(21)18-15-9-14(19-22-15)12-4-2-1-3-5-12/h1-5,9,11,13,20H,6-8,10H2,(H2,17,18,21)/t11-,13-/m0/s1. The number of carbonyl (C=O) groups is 1. The fourth-order valence-corrected chi connectivity index (χ4v) is 3.36. The van der Waals surface area contributed by atoms with Crippen molar-refractivity contribution in [2.24, 2.45) is 5.92 Å². The SMILES string of the molecule is O=C(NC[C@H]1CC[C@H](O)C1)Nc1cc(-c2ccccc2)ns1. The average Bonchev–Trinajstić information content (AvgIpc) is 3.15. The van der Waals surface area contributed by atoms with Gasteiger partial charge in [0.15, 0.2) is 0 Å². The molecule has 1 heterocycles. The Morgan fingerprint density at radius 2 is 2.14 bits per heavy atom. The van der Waals surface area contributed by atoms with Gasteiger partial charge in [0.2, 0.25) is 0 Å². The Bertz CT molecular complexity index is 629. The number of aliphatic hydroxyl groups excluding tert-OH is 1. The van der Waals surface area contributed by atoms with Gasteiger partial charge in [-0.2, -0.15) is 4.37 Å². The van der Waals surface area contributed by atoms with Gasteiger partial charge in [-0.05, 0) is 36.7 Å². The van der Waals surface area contributed by atoms with Gasteiger partial charge in [-0.3, -0.25) is 5.32 Å². The van der Waals surface area contributed by atoms with Gasteiger partial charge in [0.05, 0.1) is 11.8 Å². The Hall–Kier alpha value is -1.92. The van der Waals surface area contributed by atoms with E-state index >= 15 is 0 Å². The monoisotopic (exact) mass is 317 g/mol. The third-order valence-electron chi connectivity index (χ3n) is 3.88. The summed E-state index contributed by atoms with van der Waals surface area (Å²) in [5, 5.41) is 15.9. The van der Waals surface area contributed by atoms with Crippen molar-refractivity contribution in [2.75, 3.05) is 11.9 Å². The van der Waals surface area contributed by atoms with Crippen molar-refractivity contribution in [3.05, 3.63) is 36.4 Å². The summed E-state index contributed by atoms with van der Waals surface area (Å²) in [4.78, 5) is 11.9. The molecule has 2 amide bonds. The van der Waals surface area contributed by atoms with Gasteiger partial charge < -0.3 is 10.4 Å². The number of hydrogen-bond donors (Lipinski definition) is 3. The molecule has 5 nitrogen and oxygen atoms in total. The third-order valence-corrected chi connectivity index (χ3v) is 4.59. The van der Waals surface area contributed by atoms with Gasteiger partial charge in [0, 0.05) is 18.2 Å². The fraction of sp³-hybridized carbons (Fsp3) is 0.375. The molecule has 0 radical (unpaired) electrons. The lowest BCUT2D eigenvalue weighted by Gasteiger charge is -2.10. The number of urea groups is 1. The van der Waals surface area contributed by atoms with E-state index < -0.39 is 0 Å². The quantitative estimate of drug-likeness (QED) is 0.811. The molecular formula is C16H19N3O2S. The Morgan fingerprint density at radius 3 is 2.86 bits per heavy atom. The molecule has 116 valence electrons. The van der Waals surface area contributed by atoms with Gasteiger partial charge in [-0.15, -0.1) is 0 Å². The zero-order chi connectivity index (χ0) is 15.4. The molecule has 0 saturated heterocycles. The van der Waals surface area contributed by atoms with Gasteiger partial charge >= 0.3 is 6.03 Å². The van der Waals surface area contributed by atoms with Crippen molar-refractivity contribution in [3.8, 4) is 11.3 Å². The van der Waals surface area contributed by atoms with Gasteiger partial charge in [-0.1, -0.05) is 30.3 Å². The predicted molar refractivity (Wildman–Crippen MR) is 87.9 cm³/mol. The molecular weight excluding hydrogens is 298 g/mol. The summed E-state index contributed by atoms with van der Waals surface area (Å²) >= 11 is 1.27. The molecule has 2 aromatic rings. The zero-order valence-electron chi connectivity index (χ0n) is 12.2. The maximum absolute atomic E-state index is 11.9. The first kappa shape index (κ1) is 15.0. The van der Waals surface area contributed by atoms with E-state index in [4.69, 9.17) is 0 Å². The number of nitrogens with one attached hydrogen (secondary N) is 2. The topological polar surface area (TPSA) is 74.2 Å². The van der Waals surface area contributed by atoms with E-state index in [9.17, 15) is 9.90 Å². The molecule has 0 spiro atoms. The number of aromatic nitrogens is 1. The van der Waals surface area contributed by atoms with Gasteiger partial charge in [-0.25, -0.2) is 4.79 Å². The molecule has 1 aliphatic rings. The van der Waals surface area contributed by atoms with Gasteiger partial charge in [0.25, 0.3) is 0 Å². The Balaban J connectivity index is 1.51. The summed E-state index contributed by atoms with van der Waals surface area (Å²) in [6.07, 6.45) is 2.38. The number of nitrogens with zero attached hydrogens (tertiary/aromatic N) is 1. The molecule has 1 saturated carbocycles. The van der Waals surface area contributed by atoms with Crippen LogP contribution in [0.2, 0.25) is 0 Å². The van der Waals surface area contributed by atoms with Crippen molar-refractivity contribution in [1.29, 1.82) is 0 Å². The van der Waals surface area contributed by atoms with Crippen LogP contribution in [0.4, 0.5) is 9.80 Å². The minimum atomic E-state index is -0.218. The summed E-state index contributed by atoms with van der Waals surface area (Å²) in [5.74, 6) is 0.377. The van der Waals surface area contributed by atoms with E-state index in [0.29, 0.717) is 12.5 Å². The lowest BCUT2D eigenvalue weighted by molar-refractivity contribution is 0.177. The number of aliphatic hydroxyl groups is 1. The molecule has 1 aromatic carbocycles. The highest BCUT2D eigenvalue weighted by Crippen LogP contribution is 2.26. The average molecular weight is 317 g/mol. The van der Waals surface area contributed by atoms with E-state index in [1.54, 1.807) is 0 Å². The van der Waals surface area contributed by atoms with E-state index in [2.05, 4.69) is 15.0 Å². The second kappa shape index (κ2) is 6.89. The van der Waals surface area contributed by atoms with Crippen molar-refractivity contribution in [3.63, 3.8) is 0 Å². The molecule has 0 unspecified atom stereocenters. The second-order valence-corrected chi connectivity index (χ2v) is 6.42. The summed E-state index contributed by atoms with van der Waals surface area (Å²) in [6, 6.07) is 11.5. The molecule has 3 rings (SSSR count). The van der Waals surface area contributed by atoms with E-state index in [0.717, 1.165) is 35.5 Å². The normalized spacial score (nSPS) is 20.8. The van der Waals surface area contributed by atoms with Crippen LogP contribution in [0.15, 0.2) is 36.4 Å². The molecule has 1 aromatic heterocycles. The van der Waals surface area contributed by atoms with Crippen LogP contribution in [-0.2, 0) is 0 Å². The molecule has 2 atom stereocenters. The fourth-order valence-electron chi connectivity index (χ4n) is 2.71. The number of hydrogen-bond acceptors (Lipinski definition) is 4. The van der Waals surface area contributed by atoms with Crippen LogP contribution < -0.4 is 10.6 Å². The molecule has 1 aliphatic carbocycles. The number of rotatable bonds is 4. The van der Waals surface area contributed by atoms with E-state index in [1.807, 2.05) is 36.4 Å². The van der Waals surface area contributed by atoms with Crippen LogP contribution in [0.25, 0.3) is 11.3 Å². The highest BCUT2D eigenvalue weighted by molar-refractivity contribution is 7.10. The maximum atomic E-state index is 11.9. The minimum Gasteiger partial charge on any atom is -0.393 e. The van der Waals surface area contributed by atoms with Crippen LogP contribution in [-0.4, -0.2) is 28.2 Å². The summed E-state index contributed by atoms with van der Waals surface area (Å²) in [7, 11) is 0. The van der Waals surface area contributed by atoms with Crippen LogP contribution >= 0.6 is 11.5 Å². The van der Waals surface area contributed by atoms with Crippen molar-refractivity contribution in [1.82, 2.24) is 9.69 Å². The van der Waals surface area contributed by atoms with E-state index in [-0.39, 0.29) is 12.1 Å². The molecule has 22 heavy (non-hydrogen) atoms. The lowest BCUT2D eigenvalue weighted by Crippen LogP contribution is -2.32. The minimum absolute atomic E-state index is 0.204. The maximum Gasteiger partial charge on any atom is 0.319 e. The third kappa shape index (κ3) is 3.84. The first-order valence-electron chi connectivity index (χ1n) is 7.46. The van der Waals surface area contributed by atoms with Crippen LogP contribution in [0.3, 0.4) is 0 Å². The molecule has 6 heteroatoms. The van der Waals surface area contributed by atoms with Gasteiger partial charge in [0.1, 0.15) is 5.00 Å². The number of carbonyl (C=O) groups excluding carboxylic acids is 1. The largest absolute Gasteiger partial charge is 0.393 e. The predicted octanol–water partition coefficient (Wildman–Crippen LogP) is 3.09. The first-order valence-corrected chi connectivity index (χ1v) is 8.23. The summed E-state index contributed by atoms with van der Waals surface area (Å²) in [6.45, 7) is 0.604. The van der Waals surface area contributed by atoms with Crippen molar-refractivity contribution >= 4 is 22.6 Å². The highest BCUT2D eigenvalue weighted by atomic mass is 32.1. The van der Waals surface area contributed by atoms with Crippen LogP contribution in [0.1, 0.15) is 19.3 Å². The lowest BCUT2D eigenvalue weighted by atomic mass is 10.1. The van der Waals surface area contributed by atoms with Crippen molar-refractivity contribution in [2.45, 2.75) is 25.4 Å². The molecule has 1 fully saturated rings. The Morgan fingerprint density at radius 1 is 1.32 bits per heavy atom.